The Bertz CT molecular complexity index is 614. The molecule has 0 amide bonds. The summed E-state index contributed by atoms with van der Waals surface area (Å²) in [5, 5.41) is 13.7. The fraction of sp³-hybridized carbons (Fsp3) is 0.455. The summed E-state index contributed by atoms with van der Waals surface area (Å²) in [6.07, 6.45) is 0.867. The summed E-state index contributed by atoms with van der Waals surface area (Å²) in [6, 6.07) is 2.52. The van der Waals surface area contributed by atoms with Crippen molar-refractivity contribution in [2.24, 2.45) is 5.92 Å². The van der Waals surface area contributed by atoms with Crippen LogP contribution in [0.1, 0.15) is 6.42 Å². The van der Waals surface area contributed by atoms with Gasteiger partial charge in [0.05, 0.1) is 9.82 Å². The van der Waals surface area contributed by atoms with Crippen LogP contribution in [0.25, 0.3) is 0 Å². The lowest BCUT2D eigenvalue weighted by molar-refractivity contribution is -0.387. The highest BCUT2D eigenvalue weighted by molar-refractivity contribution is 7.89. The van der Waals surface area contributed by atoms with E-state index in [9.17, 15) is 22.9 Å². The molecular formula is C11H14FN3O4S. The molecular weight excluding hydrogens is 289 g/mol. The first-order chi connectivity index (χ1) is 9.40. The number of sulfonamides is 1. The number of hydrogen-bond donors (Lipinski definition) is 2. The van der Waals surface area contributed by atoms with Crippen molar-refractivity contribution in [3.05, 3.63) is 34.1 Å². The van der Waals surface area contributed by atoms with Gasteiger partial charge in [-0.2, -0.15) is 4.39 Å². The molecule has 0 aliphatic carbocycles. The van der Waals surface area contributed by atoms with Crippen molar-refractivity contribution in [1.82, 2.24) is 10.0 Å². The van der Waals surface area contributed by atoms with Crippen LogP contribution in [0, 0.1) is 21.8 Å². The molecule has 1 heterocycles. The summed E-state index contributed by atoms with van der Waals surface area (Å²) in [4.78, 5) is 9.35. The smallest absolute Gasteiger partial charge is 0.306 e. The molecule has 1 aromatic carbocycles. The molecule has 1 saturated heterocycles. The minimum absolute atomic E-state index is 0.195. The van der Waals surface area contributed by atoms with Crippen molar-refractivity contribution >= 4 is 15.7 Å². The topological polar surface area (TPSA) is 101 Å². The highest BCUT2D eigenvalue weighted by Crippen LogP contribution is 2.21. The lowest BCUT2D eigenvalue weighted by Crippen LogP contribution is -2.30. The third kappa shape index (κ3) is 3.30. The second-order valence-corrected chi connectivity index (χ2v) is 6.35. The number of halogens is 1. The molecule has 20 heavy (non-hydrogen) atoms. The summed E-state index contributed by atoms with van der Waals surface area (Å²) in [5.74, 6) is -0.867. The van der Waals surface area contributed by atoms with Gasteiger partial charge < -0.3 is 5.32 Å². The zero-order chi connectivity index (χ0) is 14.8. The molecule has 0 radical (unpaired) electrons. The Balaban J connectivity index is 2.16. The first-order valence-corrected chi connectivity index (χ1v) is 7.53. The normalized spacial score (nSPS) is 19.1. The second-order valence-electron chi connectivity index (χ2n) is 4.58. The maximum Gasteiger partial charge on any atom is 0.306 e. The summed E-state index contributed by atoms with van der Waals surface area (Å²) in [7, 11) is -3.87. The molecule has 2 rings (SSSR count). The maximum absolute atomic E-state index is 13.2. The van der Waals surface area contributed by atoms with Crippen LogP contribution in [0.2, 0.25) is 0 Å². The van der Waals surface area contributed by atoms with Crippen LogP contribution in [0.3, 0.4) is 0 Å². The number of nitrogens with one attached hydrogen (secondary N) is 2. The molecule has 0 aromatic heterocycles. The van der Waals surface area contributed by atoms with Crippen LogP contribution in [0.15, 0.2) is 23.1 Å². The molecule has 0 bridgehead atoms. The van der Waals surface area contributed by atoms with Gasteiger partial charge in [-0.1, -0.05) is 0 Å². The number of hydrogen-bond acceptors (Lipinski definition) is 5. The first kappa shape index (κ1) is 14.8. The first-order valence-electron chi connectivity index (χ1n) is 6.04. The molecule has 0 spiro atoms. The van der Waals surface area contributed by atoms with Gasteiger partial charge in [-0.3, -0.25) is 10.1 Å². The predicted octanol–water partition coefficient (Wildman–Crippen LogP) is 0.622. The van der Waals surface area contributed by atoms with E-state index in [0.717, 1.165) is 37.7 Å². The Kier molecular flexibility index (Phi) is 4.31. The van der Waals surface area contributed by atoms with E-state index in [4.69, 9.17) is 0 Å². The molecule has 1 unspecified atom stereocenters. The van der Waals surface area contributed by atoms with Gasteiger partial charge in [-0.05, 0) is 37.6 Å². The van der Waals surface area contributed by atoms with E-state index in [-0.39, 0.29) is 17.4 Å². The Labute approximate surface area is 115 Å². The van der Waals surface area contributed by atoms with E-state index >= 15 is 0 Å². The standard InChI is InChI=1S/C11H14FN3O4S/c12-10-2-1-9(5-11(10)15(16)17)20(18,19)14-7-8-3-4-13-6-8/h1-2,5,8,13-14H,3-4,6-7H2. The number of nitro benzene ring substituents is 1. The molecule has 110 valence electrons. The average Bonchev–Trinajstić information content (AvgIpc) is 2.89. The lowest BCUT2D eigenvalue weighted by atomic mass is 10.1. The Morgan fingerprint density at radius 3 is 2.85 bits per heavy atom. The lowest BCUT2D eigenvalue weighted by Gasteiger charge is -2.10. The molecule has 1 fully saturated rings. The SMILES string of the molecule is O=[N+]([O-])c1cc(S(=O)(=O)NCC2CCNC2)ccc1F. The van der Waals surface area contributed by atoms with Gasteiger partial charge in [0.1, 0.15) is 0 Å². The van der Waals surface area contributed by atoms with E-state index in [1.807, 2.05) is 0 Å². The zero-order valence-electron chi connectivity index (χ0n) is 10.5. The molecule has 1 aromatic rings. The second kappa shape index (κ2) is 5.81. The van der Waals surface area contributed by atoms with Crippen LogP contribution in [-0.2, 0) is 10.0 Å². The monoisotopic (exact) mass is 303 g/mol. The van der Waals surface area contributed by atoms with Crippen LogP contribution in [0.5, 0.6) is 0 Å². The Morgan fingerprint density at radius 1 is 1.50 bits per heavy atom. The molecule has 0 saturated carbocycles. The van der Waals surface area contributed by atoms with Gasteiger partial charge in [0.2, 0.25) is 15.8 Å². The molecule has 1 aliphatic rings. The van der Waals surface area contributed by atoms with Gasteiger partial charge in [-0.15, -0.1) is 0 Å². The number of nitrogens with zero attached hydrogens (tertiary/aromatic N) is 1. The molecule has 1 aliphatic heterocycles. The molecule has 7 nitrogen and oxygen atoms in total. The van der Waals surface area contributed by atoms with E-state index in [1.165, 1.54) is 0 Å². The van der Waals surface area contributed by atoms with Gasteiger partial charge in [0, 0.05) is 12.6 Å². The largest absolute Gasteiger partial charge is 0.316 e. The zero-order valence-corrected chi connectivity index (χ0v) is 11.3. The number of benzene rings is 1. The molecule has 1 atom stereocenters. The van der Waals surface area contributed by atoms with Crippen LogP contribution in [-0.4, -0.2) is 33.0 Å². The highest BCUT2D eigenvalue weighted by atomic mass is 32.2. The molecule has 2 N–H and O–H groups in total. The fourth-order valence-corrected chi connectivity index (χ4v) is 3.13. The van der Waals surface area contributed by atoms with Crippen LogP contribution < -0.4 is 10.0 Å². The predicted molar refractivity (Wildman–Crippen MR) is 69.2 cm³/mol. The summed E-state index contributed by atoms with van der Waals surface area (Å²) in [6.45, 7) is 1.82. The third-order valence-electron chi connectivity index (χ3n) is 3.15. The van der Waals surface area contributed by atoms with Crippen molar-refractivity contribution in [2.45, 2.75) is 11.3 Å². The molecule has 9 heteroatoms. The van der Waals surface area contributed by atoms with Gasteiger partial charge in [0.25, 0.3) is 0 Å². The van der Waals surface area contributed by atoms with Crippen molar-refractivity contribution in [1.29, 1.82) is 0 Å². The maximum atomic E-state index is 13.2. The highest BCUT2D eigenvalue weighted by Gasteiger charge is 2.23. The summed E-state index contributed by atoms with van der Waals surface area (Å²) >= 11 is 0. The van der Waals surface area contributed by atoms with Crippen LogP contribution in [0.4, 0.5) is 10.1 Å². The minimum Gasteiger partial charge on any atom is -0.316 e. The van der Waals surface area contributed by atoms with Gasteiger partial charge in [-0.25, -0.2) is 13.1 Å². The number of nitro groups is 1. The third-order valence-corrected chi connectivity index (χ3v) is 4.57. The summed E-state index contributed by atoms with van der Waals surface area (Å²) in [5.41, 5.74) is -0.851. The Hall–Kier alpha value is -1.58. The van der Waals surface area contributed by atoms with E-state index in [0.29, 0.717) is 0 Å². The van der Waals surface area contributed by atoms with Crippen molar-refractivity contribution in [3.8, 4) is 0 Å². The summed E-state index contributed by atoms with van der Waals surface area (Å²) < 4.78 is 39.6. The van der Waals surface area contributed by atoms with Crippen molar-refractivity contribution < 1.29 is 17.7 Å². The average molecular weight is 303 g/mol. The van der Waals surface area contributed by atoms with Crippen molar-refractivity contribution in [3.63, 3.8) is 0 Å². The van der Waals surface area contributed by atoms with E-state index in [1.54, 1.807) is 0 Å². The van der Waals surface area contributed by atoms with Gasteiger partial charge in [0.15, 0.2) is 0 Å². The fourth-order valence-electron chi connectivity index (χ4n) is 2.00. The van der Waals surface area contributed by atoms with Crippen LogP contribution >= 0.6 is 0 Å². The van der Waals surface area contributed by atoms with Gasteiger partial charge >= 0.3 is 5.69 Å². The quantitative estimate of drug-likeness (QED) is 0.613. The van der Waals surface area contributed by atoms with E-state index in [2.05, 4.69) is 10.0 Å². The number of rotatable bonds is 5. The minimum atomic E-state index is -3.87. The van der Waals surface area contributed by atoms with Crippen molar-refractivity contribution in [2.75, 3.05) is 19.6 Å². The Morgan fingerprint density at radius 2 is 2.25 bits per heavy atom. The van der Waals surface area contributed by atoms with E-state index < -0.39 is 26.5 Å².